The van der Waals surface area contributed by atoms with Gasteiger partial charge in [0.25, 0.3) is 5.91 Å². The first-order valence-corrected chi connectivity index (χ1v) is 10.1. The lowest BCUT2D eigenvalue weighted by Crippen LogP contribution is -2.29. The van der Waals surface area contributed by atoms with Crippen LogP contribution in [-0.2, 0) is 9.59 Å². The van der Waals surface area contributed by atoms with Crippen molar-refractivity contribution >= 4 is 29.1 Å². The Labute approximate surface area is 176 Å². The van der Waals surface area contributed by atoms with Crippen molar-refractivity contribution in [2.45, 2.75) is 26.2 Å². The number of ether oxygens (including phenoxy) is 1. The minimum Gasteiger partial charge on any atom is -0.497 e. The highest BCUT2D eigenvalue weighted by molar-refractivity contribution is 6.05. The number of nitrogens with zero attached hydrogens (tertiary/aromatic N) is 1. The highest BCUT2D eigenvalue weighted by Crippen LogP contribution is 2.21. The highest BCUT2D eigenvalue weighted by atomic mass is 16.5. The molecule has 7 heteroatoms. The molecule has 1 heterocycles. The SMILES string of the molecule is CCCCN1CC(C(=O)Nc2ccc(C(=O)Nc3cccc(OC)c3)cc2)CC1=O. The Hall–Kier alpha value is -3.35. The minimum atomic E-state index is -0.342. The number of carbonyl (C=O) groups excluding carboxylic acids is 3. The van der Waals surface area contributed by atoms with E-state index in [4.69, 9.17) is 4.74 Å². The number of amides is 3. The number of nitrogens with one attached hydrogen (secondary N) is 2. The van der Waals surface area contributed by atoms with Crippen LogP contribution in [0.15, 0.2) is 48.5 Å². The number of rotatable bonds is 8. The molecule has 1 fully saturated rings. The van der Waals surface area contributed by atoms with Crippen molar-refractivity contribution < 1.29 is 19.1 Å². The van der Waals surface area contributed by atoms with E-state index in [1.165, 1.54) is 0 Å². The molecule has 2 N–H and O–H groups in total. The topological polar surface area (TPSA) is 87.7 Å². The lowest BCUT2D eigenvalue weighted by molar-refractivity contribution is -0.128. The average Bonchev–Trinajstić information content (AvgIpc) is 3.13. The Morgan fingerprint density at radius 2 is 1.87 bits per heavy atom. The van der Waals surface area contributed by atoms with E-state index < -0.39 is 0 Å². The number of likely N-dealkylation sites (tertiary alicyclic amines) is 1. The summed E-state index contributed by atoms with van der Waals surface area (Å²) in [5, 5.41) is 5.66. The molecule has 158 valence electrons. The number of hydrogen-bond donors (Lipinski definition) is 2. The largest absolute Gasteiger partial charge is 0.497 e. The predicted molar refractivity (Wildman–Crippen MR) is 116 cm³/mol. The first-order chi connectivity index (χ1) is 14.5. The minimum absolute atomic E-state index is 0.0353. The lowest BCUT2D eigenvalue weighted by Gasteiger charge is -2.16. The van der Waals surface area contributed by atoms with Crippen LogP contribution in [0.3, 0.4) is 0 Å². The maximum atomic E-state index is 12.5. The van der Waals surface area contributed by atoms with Gasteiger partial charge in [0.05, 0.1) is 13.0 Å². The quantitative estimate of drug-likeness (QED) is 0.698. The van der Waals surface area contributed by atoms with Crippen LogP contribution in [0.5, 0.6) is 5.75 Å². The van der Waals surface area contributed by atoms with Gasteiger partial charge in [0.1, 0.15) is 5.75 Å². The van der Waals surface area contributed by atoms with Crippen molar-refractivity contribution in [1.29, 1.82) is 0 Å². The van der Waals surface area contributed by atoms with Crippen LogP contribution in [0.4, 0.5) is 11.4 Å². The van der Waals surface area contributed by atoms with Gasteiger partial charge in [-0.05, 0) is 42.8 Å². The van der Waals surface area contributed by atoms with Crippen LogP contribution < -0.4 is 15.4 Å². The fourth-order valence-corrected chi connectivity index (χ4v) is 3.37. The van der Waals surface area contributed by atoms with Gasteiger partial charge >= 0.3 is 0 Å². The zero-order chi connectivity index (χ0) is 21.5. The Bertz CT molecular complexity index is 911. The zero-order valence-electron chi connectivity index (χ0n) is 17.3. The zero-order valence-corrected chi connectivity index (χ0v) is 17.3. The maximum Gasteiger partial charge on any atom is 0.255 e. The average molecular weight is 409 g/mol. The van der Waals surface area contributed by atoms with E-state index in [9.17, 15) is 14.4 Å². The molecule has 0 saturated carbocycles. The number of hydrogen-bond acceptors (Lipinski definition) is 4. The van der Waals surface area contributed by atoms with Gasteiger partial charge in [-0.3, -0.25) is 14.4 Å². The Balaban J connectivity index is 1.55. The van der Waals surface area contributed by atoms with Crippen molar-refractivity contribution in [2.24, 2.45) is 5.92 Å². The summed E-state index contributed by atoms with van der Waals surface area (Å²) in [6.45, 7) is 3.24. The predicted octanol–water partition coefficient (Wildman–Crippen LogP) is 3.53. The number of unbranched alkanes of at least 4 members (excludes halogenated alkanes) is 1. The Kier molecular flexibility index (Phi) is 7.06. The second-order valence-corrected chi connectivity index (χ2v) is 7.35. The smallest absolute Gasteiger partial charge is 0.255 e. The van der Waals surface area contributed by atoms with E-state index in [2.05, 4.69) is 17.6 Å². The van der Waals surface area contributed by atoms with Gasteiger partial charge < -0.3 is 20.3 Å². The third-order valence-corrected chi connectivity index (χ3v) is 5.11. The second-order valence-electron chi connectivity index (χ2n) is 7.35. The lowest BCUT2D eigenvalue weighted by atomic mass is 10.1. The van der Waals surface area contributed by atoms with Gasteiger partial charge in [-0.15, -0.1) is 0 Å². The molecule has 7 nitrogen and oxygen atoms in total. The molecule has 1 aliphatic rings. The van der Waals surface area contributed by atoms with E-state index in [1.54, 1.807) is 60.5 Å². The summed E-state index contributed by atoms with van der Waals surface area (Å²) < 4.78 is 5.15. The summed E-state index contributed by atoms with van der Waals surface area (Å²) in [7, 11) is 1.57. The van der Waals surface area contributed by atoms with Crippen LogP contribution in [0.1, 0.15) is 36.5 Å². The number of carbonyl (C=O) groups is 3. The molecule has 0 aliphatic carbocycles. The molecule has 2 aromatic rings. The van der Waals surface area contributed by atoms with Crippen LogP contribution in [0.25, 0.3) is 0 Å². The molecule has 1 saturated heterocycles. The monoisotopic (exact) mass is 409 g/mol. The van der Waals surface area contributed by atoms with Crippen LogP contribution in [0.2, 0.25) is 0 Å². The van der Waals surface area contributed by atoms with Gasteiger partial charge in [0, 0.05) is 42.5 Å². The Morgan fingerprint density at radius 1 is 1.10 bits per heavy atom. The van der Waals surface area contributed by atoms with Crippen molar-refractivity contribution in [3.05, 3.63) is 54.1 Å². The third kappa shape index (κ3) is 5.37. The fraction of sp³-hybridized carbons (Fsp3) is 0.348. The molecule has 3 amide bonds. The summed E-state index contributed by atoms with van der Waals surface area (Å²) in [6, 6.07) is 13.8. The summed E-state index contributed by atoms with van der Waals surface area (Å²) in [5.74, 6) is -0.0758. The summed E-state index contributed by atoms with van der Waals surface area (Å²) in [4.78, 5) is 38.8. The van der Waals surface area contributed by atoms with E-state index >= 15 is 0 Å². The standard InChI is InChI=1S/C23H27N3O4/c1-3-4-12-26-15-17(13-21(26)27)23(29)24-18-10-8-16(9-11-18)22(28)25-19-6-5-7-20(14-19)30-2/h5-11,14,17H,3-4,12-13,15H2,1-2H3,(H,24,29)(H,25,28). The van der Waals surface area contributed by atoms with E-state index in [0.717, 1.165) is 12.8 Å². The van der Waals surface area contributed by atoms with Crippen LogP contribution in [0, 0.1) is 5.92 Å². The molecule has 1 atom stereocenters. The van der Waals surface area contributed by atoms with Crippen LogP contribution in [-0.4, -0.2) is 42.8 Å². The third-order valence-electron chi connectivity index (χ3n) is 5.11. The van der Waals surface area contributed by atoms with Gasteiger partial charge in [0.2, 0.25) is 11.8 Å². The van der Waals surface area contributed by atoms with E-state index in [0.29, 0.717) is 35.8 Å². The fourth-order valence-electron chi connectivity index (χ4n) is 3.37. The highest BCUT2D eigenvalue weighted by Gasteiger charge is 2.33. The number of benzene rings is 2. The summed E-state index contributed by atoms with van der Waals surface area (Å²) >= 11 is 0. The molecule has 3 rings (SSSR count). The van der Waals surface area contributed by atoms with Crippen molar-refractivity contribution in [1.82, 2.24) is 4.90 Å². The first-order valence-electron chi connectivity index (χ1n) is 10.1. The maximum absolute atomic E-state index is 12.5. The van der Waals surface area contributed by atoms with Gasteiger partial charge in [-0.2, -0.15) is 0 Å². The number of anilines is 2. The molecule has 1 aliphatic heterocycles. The van der Waals surface area contributed by atoms with E-state index in [-0.39, 0.29) is 30.1 Å². The van der Waals surface area contributed by atoms with Gasteiger partial charge in [0.15, 0.2) is 0 Å². The molecular formula is C23H27N3O4. The molecule has 2 aromatic carbocycles. The van der Waals surface area contributed by atoms with Crippen molar-refractivity contribution in [3.63, 3.8) is 0 Å². The molecule has 1 unspecified atom stereocenters. The van der Waals surface area contributed by atoms with Gasteiger partial charge in [-0.1, -0.05) is 19.4 Å². The summed E-state index contributed by atoms with van der Waals surface area (Å²) in [6.07, 6.45) is 2.20. The second kappa shape index (κ2) is 9.91. The first kappa shape index (κ1) is 21.4. The molecule has 0 bridgehead atoms. The summed E-state index contributed by atoms with van der Waals surface area (Å²) in [5.41, 5.74) is 1.70. The molecule has 30 heavy (non-hydrogen) atoms. The molecule has 0 aromatic heterocycles. The van der Waals surface area contributed by atoms with E-state index in [1.807, 2.05) is 0 Å². The number of methoxy groups -OCH3 is 1. The van der Waals surface area contributed by atoms with Gasteiger partial charge in [-0.25, -0.2) is 0 Å². The molecular weight excluding hydrogens is 382 g/mol. The van der Waals surface area contributed by atoms with Crippen LogP contribution >= 0.6 is 0 Å². The normalized spacial score (nSPS) is 15.7. The molecule has 0 spiro atoms. The Morgan fingerprint density at radius 3 is 2.57 bits per heavy atom. The van der Waals surface area contributed by atoms with Crippen molar-refractivity contribution in [2.75, 3.05) is 30.8 Å². The van der Waals surface area contributed by atoms with Crippen molar-refractivity contribution in [3.8, 4) is 5.75 Å². The molecule has 0 radical (unpaired) electrons.